The maximum Gasteiger partial charge on any atom is 0.341 e. The smallest absolute Gasteiger partial charge is 0.341 e. The van der Waals surface area contributed by atoms with Gasteiger partial charge in [0.05, 0.1) is 24.3 Å². The van der Waals surface area contributed by atoms with E-state index in [1.165, 1.54) is 12.1 Å². The van der Waals surface area contributed by atoms with Gasteiger partial charge < -0.3 is 18.9 Å². The first-order chi connectivity index (χ1) is 12.2. The molecule has 0 amide bonds. The van der Waals surface area contributed by atoms with Crippen LogP contribution >= 0.6 is 0 Å². The van der Waals surface area contributed by atoms with E-state index in [1.807, 2.05) is 27.7 Å². The van der Waals surface area contributed by atoms with E-state index in [9.17, 15) is 9.59 Å². The summed E-state index contributed by atoms with van der Waals surface area (Å²) in [4.78, 5) is 24.8. The lowest BCUT2D eigenvalue weighted by Crippen LogP contribution is -2.24. The minimum Gasteiger partial charge on any atom is -0.432 e. The molecule has 2 unspecified atom stereocenters. The Hall–Kier alpha value is -1.92. The zero-order chi connectivity index (χ0) is 19.7. The molecule has 0 fully saturated rings. The van der Waals surface area contributed by atoms with Crippen LogP contribution in [0.5, 0.6) is 0 Å². The van der Waals surface area contributed by atoms with Gasteiger partial charge in [0.2, 0.25) is 0 Å². The molecule has 0 heterocycles. The highest BCUT2D eigenvalue weighted by Crippen LogP contribution is 2.15. The second-order valence-corrected chi connectivity index (χ2v) is 6.95. The van der Waals surface area contributed by atoms with Crippen molar-refractivity contribution in [3.63, 3.8) is 0 Å². The van der Waals surface area contributed by atoms with E-state index < -0.39 is 24.5 Å². The molecule has 0 saturated carbocycles. The minimum atomic E-state index is -0.706. The molecule has 26 heavy (non-hydrogen) atoms. The molecule has 0 saturated heterocycles. The van der Waals surface area contributed by atoms with Crippen molar-refractivity contribution in [3.05, 3.63) is 35.4 Å². The predicted molar refractivity (Wildman–Crippen MR) is 97.8 cm³/mol. The van der Waals surface area contributed by atoms with Crippen molar-refractivity contribution in [2.45, 2.75) is 54.1 Å². The van der Waals surface area contributed by atoms with E-state index >= 15 is 0 Å². The van der Waals surface area contributed by atoms with Crippen molar-refractivity contribution >= 4 is 11.9 Å². The van der Waals surface area contributed by atoms with Crippen molar-refractivity contribution in [3.8, 4) is 0 Å². The number of carbonyl (C=O) groups excluding carboxylic acids is 2. The number of carbonyl (C=O) groups is 2. The molecular weight excluding hydrogens is 336 g/mol. The zero-order valence-corrected chi connectivity index (χ0v) is 16.5. The topological polar surface area (TPSA) is 71.1 Å². The van der Waals surface area contributed by atoms with Gasteiger partial charge in [-0.25, -0.2) is 9.59 Å². The predicted octanol–water partition coefficient (Wildman–Crippen LogP) is 4.04. The molecule has 1 rings (SSSR count). The summed E-state index contributed by atoms with van der Waals surface area (Å²) in [5, 5.41) is 0. The fraction of sp³-hybridized carbons (Fsp3) is 0.600. The van der Waals surface area contributed by atoms with Gasteiger partial charge in [-0.2, -0.15) is 0 Å². The first-order valence-electron chi connectivity index (χ1n) is 8.94. The Morgan fingerprint density at radius 2 is 1.08 bits per heavy atom. The summed E-state index contributed by atoms with van der Waals surface area (Å²) in [5.41, 5.74) is 0.266. The van der Waals surface area contributed by atoms with Gasteiger partial charge in [-0.05, 0) is 37.8 Å². The van der Waals surface area contributed by atoms with Crippen molar-refractivity contribution in [1.82, 2.24) is 0 Å². The quantitative estimate of drug-likeness (QED) is 0.460. The van der Waals surface area contributed by atoms with Crippen molar-refractivity contribution in [2.24, 2.45) is 11.8 Å². The van der Waals surface area contributed by atoms with Crippen LogP contribution in [0.1, 0.15) is 62.3 Å². The zero-order valence-electron chi connectivity index (χ0n) is 16.5. The number of ether oxygens (including phenoxy) is 4. The molecule has 6 nitrogen and oxygen atoms in total. The van der Waals surface area contributed by atoms with Crippen LogP contribution in [0.2, 0.25) is 0 Å². The van der Waals surface area contributed by atoms with E-state index in [4.69, 9.17) is 18.9 Å². The molecule has 0 aliphatic carbocycles. The molecule has 6 heteroatoms. The third-order valence-corrected chi connectivity index (χ3v) is 3.24. The van der Waals surface area contributed by atoms with Gasteiger partial charge in [0.25, 0.3) is 0 Å². The molecule has 146 valence electrons. The van der Waals surface area contributed by atoms with Crippen LogP contribution in [-0.4, -0.2) is 37.7 Å². The maximum absolute atomic E-state index is 12.4. The SMILES string of the molecule is CC(C)COC(C)OC(=O)c1ccccc1C(=O)OC(C)OCC(C)C. The molecule has 1 aromatic carbocycles. The Kier molecular flexibility index (Phi) is 9.30. The summed E-state index contributed by atoms with van der Waals surface area (Å²) < 4.78 is 21.4. The van der Waals surface area contributed by atoms with Crippen LogP contribution in [0.25, 0.3) is 0 Å². The first-order valence-corrected chi connectivity index (χ1v) is 8.94. The number of benzene rings is 1. The van der Waals surface area contributed by atoms with Gasteiger partial charge in [-0.15, -0.1) is 0 Å². The average Bonchev–Trinajstić information content (AvgIpc) is 2.58. The van der Waals surface area contributed by atoms with Crippen LogP contribution in [0.3, 0.4) is 0 Å². The maximum atomic E-state index is 12.4. The Labute approximate surface area is 155 Å². The van der Waals surface area contributed by atoms with Crippen molar-refractivity contribution in [2.75, 3.05) is 13.2 Å². The number of hydrogen-bond donors (Lipinski definition) is 0. The normalized spacial score (nSPS) is 13.5. The van der Waals surface area contributed by atoms with E-state index in [2.05, 4.69) is 0 Å². The molecule has 0 bridgehead atoms. The van der Waals surface area contributed by atoms with Gasteiger partial charge in [0, 0.05) is 0 Å². The van der Waals surface area contributed by atoms with E-state index in [1.54, 1.807) is 26.0 Å². The lowest BCUT2D eigenvalue weighted by atomic mass is 10.1. The molecule has 0 aromatic heterocycles. The second kappa shape index (κ2) is 10.9. The van der Waals surface area contributed by atoms with Crippen LogP contribution < -0.4 is 0 Å². The van der Waals surface area contributed by atoms with Crippen molar-refractivity contribution < 1.29 is 28.5 Å². The van der Waals surface area contributed by atoms with Crippen molar-refractivity contribution in [1.29, 1.82) is 0 Å². The summed E-state index contributed by atoms with van der Waals surface area (Å²) in [6.07, 6.45) is -1.41. The van der Waals surface area contributed by atoms with Gasteiger partial charge in [0.15, 0.2) is 12.6 Å². The Morgan fingerprint density at radius 1 is 0.731 bits per heavy atom. The monoisotopic (exact) mass is 366 g/mol. The summed E-state index contributed by atoms with van der Waals surface area (Å²) in [7, 11) is 0. The molecule has 1 aromatic rings. The molecule has 0 radical (unpaired) electrons. The summed E-state index contributed by atoms with van der Waals surface area (Å²) >= 11 is 0. The minimum absolute atomic E-state index is 0.133. The fourth-order valence-corrected chi connectivity index (χ4v) is 1.99. The largest absolute Gasteiger partial charge is 0.432 e. The molecular formula is C20H30O6. The Bertz CT molecular complexity index is 530. The highest BCUT2D eigenvalue weighted by Gasteiger charge is 2.22. The van der Waals surface area contributed by atoms with Crippen LogP contribution in [-0.2, 0) is 18.9 Å². The Morgan fingerprint density at radius 3 is 1.38 bits per heavy atom. The molecule has 0 spiro atoms. The number of rotatable bonds is 10. The van der Waals surface area contributed by atoms with Gasteiger partial charge in [-0.1, -0.05) is 39.8 Å². The summed E-state index contributed by atoms with van der Waals surface area (Å²) in [6.45, 7) is 12.2. The molecule has 0 aliphatic heterocycles. The molecule has 0 aliphatic rings. The van der Waals surface area contributed by atoms with Crippen LogP contribution in [0, 0.1) is 11.8 Å². The Balaban J connectivity index is 2.73. The average molecular weight is 366 g/mol. The van der Waals surface area contributed by atoms with Gasteiger partial charge >= 0.3 is 11.9 Å². The van der Waals surface area contributed by atoms with Crippen LogP contribution in [0.15, 0.2) is 24.3 Å². The molecule has 2 atom stereocenters. The number of hydrogen-bond acceptors (Lipinski definition) is 6. The second-order valence-electron chi connectivity index (χ2n) is 6.95. The highest BCUT2D eigenvalue weighted by molar-refractivity contribution is 6.03. The highest BCUT2D eigenvalue weighted by atomic mass is 16.7. The number of esters is 2. The van der Waals surface area contributed by atoms with Crippen LogP contribution in [0.4, 0.5) is 0 Å². The summed E-state index contributed by atoms with van der Waals surface area (Å²) in [5.74, 6) is -0.620. The van der Waals surface area contributed by atoms with E-state index in [0.717, 1.165) is 0 Å². The fourth-order valence-electron chi connectivity index (χ4n) is 1.99. The summed E-state index contributed by atoms with van der Waals surface area (Å²) in [6, 6.07) is 6.36. The third-order valence-electron chi connectivity index (χ3n) is 3.24. The lowest BCUT2D eigenvalue weighted by molar-refractivity contribution is -0.107. The lowest BCUT2D eigenvalue weighted by Gasteiger charge is -2.18. The third kappa shape index (κ3) is 7.97. The first kappa shape index (κ1) is 22.1. The molecule has 0 N–H and O–H groups in total. The standard InChI is InChI=1S/C20H30O6/c1-13(2)11-23-15(5)25-19(21)17-9-7-8-10-18(17)20(22)26-16(6)24-12-14(3)4/h7-10,13-16H,11-12H2,1-6H3. The van der Waals surface area contributed by atoms with E-state index in [0.29, 0.717) is 25.0 Å². The van der Waals surface area contributed by atoms with Gasteiger partial charge in [0.1, 0.15) is 0 Å². The van der Waals surface area contributed by atoms with E-state index in [-0.39, 0.29) is 11.1 Å². The van der Waals surface area contributed by atoms with Gasteiger partial charge in [-0.3, -0.25) is 0 Å².